The molecular weight excluding hydrogens is 256 g/mol. The van der Waals surface area contributed by atoms with Gasteiger partial charge in [0.05, 0.1) is 11.8 Å². The summed E-state index contributed by atoms with van der Waals surface area (Å²) in [6, 6.07) is 2.99. The molecule has 0 aliphatic carbocycles. The maximum atomic E-state index is 11.8. The van der Waals surface area contributed by atoms with Gasteiger partial charge in [0.2, 0.25) is 5.91 Å². The number of H-pyrrole nitrogens is 1. The first-order valence-corrected chi connectivity index (χ1v) is 5.44. The Kier molecular flexibility index (Phi) is 2.14. The third-order valence-electron chi connectivity index (χ3n) is 2.78. The summed E-state index contributed by atoms with van der Waals surface area (Å²) in [5, 5.41) is 4.74. The molecule has 4 N–H and O–H groups in total. The summed E-state index contributed by atoms with van der Waals surface area (Å²) in [5.41, 5.74) is 9.30. The van der Waals surface area contributed by atoms with Gasteiger partial charge in [-0.05, 0) is 12.1 Å². The number of amides is 2. The summed E-state index contributed by atoms with van der Waals surface area (Å²) in [6.07, 6.45) is 1.46. The first kappa shape index (κ1) is 10.8. The Balaban J connectivity index is 2.47. The number of rotatable bonds is 1. The van der Waals surface area contributed by atoms with Gasteiger partial charge in [-0.25, -0.2) is 5.43 Å². The SMILES string of the molecule is NC(=O)c1cc2c3c(c(Cl)[nH]c3c1)C=NNC2=O. The van der Waals surface area contributed by atoms with Crippen LogP contribution in [0.25, 0.3) is 10.9 Å². The Bertz CT molecular complexity index is 732. The number of halogens is 1. The lowest BCUT2D eigenvalue weighted by atomic mass is 10.0. The highest BCUT2D eigenvalue weighted by atomic mass is 35.5. The number of nitrogens with zero attached hydrogens (tertiary/aromatic N) is 1. The van der Waals surface area contributed by atoms with Crippen LogP contribution in [0.15, 0.2) is 17.2 Å². The third kappa shape index (κ3) is 1.39. The van der Waals surface area contributed by atoms with Gasteiger partial charge in [0.25, 0.3) is 5.91 Å². The summed E-state index contributed by atoms with van der Waals surface area (Å²) in [5.74, 6) is -1.02. The third-order valence-corrected chi connectivity index (χ3v) is 3.08. The monoisotopic (exact) mass is 262 g/mol. The van der Waals surface area contributed by atoms with E-state index in [0.29, 0.717) is 27.2 Å². The van der Waals surface area contributed by atoms with E-state index in [1.807, 2.05) is 0 Å². The molecule has 1 aliphatic rings. The molecule has 18 heavy (non-hydrogen) atoms. The molecule has 7 heteroatoms. The number of benzene rings is 1. The fourth-order valence-electron chi connectivity index (χ4n) is 1.98. The second kappa shape index (κ2) is 3.58. The largest absolute Gasteiger partial charge is 0.366 e. The number of hydrazone groups is 1. The van der Waals surface area contributed by atoms with Crippen molar-refractivity contribution < 1.29 is 9.59 Å². The lowest BCUT2D eigenvalue weighted by Gasteiger charge is -2.03. The van der Waals surface area contributed by atoms with E-state index in [9.17, 15) is 9.59 Å². The Morgan fingerprint density at radius 1 is 1.39 bits per heavy atom. The minimum atomic E-state index is -0.613. The predicted octanol–water partition coefficient (Wildman–Crippen LogP) is 0.997. The van der Waals surface area contributed by atoms with Crippen molar-refractivity contribution >= 4 is 40.5 Å². The lowest BCUT2D eigenvalue weighted by molar-refractivity contribution is 0.0957. The van der Waals surface area contributed by atoms with E-state index in [4.69, 9.17) is 17.3 Å². The van der Waals surface area contributed by atoms with Gasteiger partial charge in [-0.1, -0.05) is 11.6 Å². The zero-order valence-electron chi connectivity index (χ0n) is 8.95. The standard InChI is InChI=1S/C11H7ClN4O2/c12-9-6-3-14-16-11(18)5-1-4(10(13)17)2-7(15-9)8(5)6/h1-3,15H,(H2,13,17)(H,16,18). The van der Waals surface area contributed by atoms with Gasteiger partial charge in [-0.2, -0.15) is 5.10 Å². The van der Waals surface area contributed by atoms with E-state index in [-0.39, 0.29) is 5.56 Å². The molecule has 0 saturated carbocycles. The van der Waals surface area contributed by atoms with Crippen molar-refractivity contribution in [2.45, 2.75) is 0 Å². The van der Waals surface area contributed by atoms with Crippen LogP contribution in [0, 0.1) is 0 Å². The average molecular weight is 263 g/mol. The molecule has 1 aliphatic heterocycles. The van der Waals surface area contributed by atoms with E-state index in [1.165, 1.54) is 12.3 Å². The first-order valence-electron chi connectivity index (χ1n) is 5.06. The van der Waals surface area contributed by atoms with Crippen LogP contribution in [0.4, 0.5) is 0 Å². The highest BCUT2D eigenvalue weighted by Crippen LogP contribution is 2.30. The quantitative estimate of drug-likeness (QED) is 0.714. The van der Waals surface area contributed by atoms with Crippen molar-refractivity contribution in [3.8, 4) is 0 Å². The number of hydrogen-bond acceptors (Lipinski definition) is 3. The number of carbonyl (C=O) groups is 2. The van der Waals surface area contributed by atoms with Gasteiger partial charge in [-0.15, -0.1) is 0 Å². The molecule has 1 aromatic heterocycles. The molecule has 1 aromatic carbocycles. The summed E-state index contributed by atoms with van der Waals surface area (Å²) < 4.78 is 0. The minimum absolute atomic E-state index is 0.235. The number of primary amides is 1. The average Bonchev–Trinajstić information content (AvgIpc) is 2.52. The summed E-state index contributed by atoms with van der Waals surface area (Å²) in [6.45, 7) is 0. The van der Waals surface area contributed by atoms with Gasteiger partial charge in [0.1, 0.15) is 5.15 Å². The summed E-state index contributed by atoms with van der Waals surface area (Å²) >= 11 is 6.02. The van der Waals surface area contributed by atoms with E-state index >= 15 is 0 Å². The van der Waals surface area contributed by atoms with Crippen molar-refractivity contribution in [2.24, 2.45) is 10.8 Å². The van der Waals surface area contributed by atoms with Crippen LogP contribution in [0.3, 0.4) is 0 Å². The topological polar surface area (TPSA) is 100 Å². The van der Waals surface area contributed by atoms with Crippen molar-refractivity contribution in [1.29, 1.82) is 0 Å². The van der Waals surface area contributed by atoms with Crippen LogP contribution in [0.2, 0.25) is 5.15 Å². The molecule has 2 amide bonds. The maximum absolute atomic E-state index is 11.8. The summed E-state index contributed by atoms with van der Waals surface area (Å²) in [4.78, 5) is 26.0. The van der Waals surface area contributed by atoms with Gasteiger partial charge in [-0.3, -0.25) is 9.59 Å². The van der Waals surface area contributed by atoms with Crippen LogP contribution in [-0.2, 0) is 0 Å². The second-order valence-corrected chi connectivity index (χ2v) is 4.24. The molecule has 0 bridgehead atoms. The molecule has 0 spiro atoms. The molecular formula is C11H7ClN4O2. The lowest BCUT2D eigenvalue weighted by Crippen LogP contribution is -2.18. The summed E-state index contributed by atoms with van der Waals surface area (Å²) in [7, 11) is 0. The molecule has 2 heterocycles. The molecule has 6 nitrogen and oxygen atoms in total. The van der Waals surface area contributed by atoms with Gasteiger partial charge in [0.15, 0.2) is 0 Å². The Hall–Kier alpha value is -2.34. The van der Waals surface area contributed by atoms with Crippen molar-refractivity contribution in [3.05, 3.63) is 34.0 Å². The van der Waals surface area contributed by atoms with Crippen molar-refractivity contribution in [1.82, 2.24) is 10.4 Å². The zero-order valence-corrected chi connectivity index (χ0v) is 9.71. The highest BCUT2D eigenvalue weighted by molar-refractivity contribution is 6.35. The molecule has 90 valence electrons. The smallest absolute Gasteiger partial charge is 0.272 e. The molecule has 0 atom stereocenters. The highest BCUT2D eigenvalue weighted by Gasteiger charge is 2.21. The molecule has 0 radical (unpaired) electrons. The minimum Gasteiger partial charge on any atom is -0.366 e. The Labute approximate surface area is 106 Å². The van der Waals surface area contributed by atoms with Crippen LogP contribution >= 0.6 is 11.6 Å². The predicted molar refractivity (Wildman–Crippen MR) is 66.9 cm³/mol. The zero-order chi connectivity index (χ0) is 12.9. The number of nitrogens with one attached hydrogen (secondary N) is 2. The number of aromatic nitrogens is 1. The maximum Gasteiger partial charge on any atom is 0.272 e. The molecule has 0 fully saturated rings. The van der Waals surface area contributed by atoms with E-state index < -0.39 is 11.8 Å². The van der Waals surface area contributed by atoms with Gasteiger partial charge < -0.3 is 10.7 Å². The normalized spacial score (nSPS) is 13.5. The van der Waals surface area contributed by atoms with E-state index in [1.54, 1.807) is 6.07 Å². The Morgan fingerprint density at radius 2 is 2.17 bits per heavy atom. The van der Waals surface area contributed by atoms with Crippen LogP contribution in [0.5, 0.6) is 0 Å². The number of nitrogens with two attached hydrogens (primary N) is 1. The molecule has 3 rings (SSSR count). The van der Waals surface area contributed by atoms with Crippen molar-refractivity contribution in [3.63, 3.8) is 0 Å². The van der Waals surface area contributed by atoms with Crippen LogP contribution < -0.4 is 11.2 Å². The van der Waals surface area contributed by atoms with Gasteiger partial charge in [0, 0.05) is 22.0 Å². The van der Waals surface area contributed by atoms with Crippen molar-refractivity contribution in [2.75, 3.05) is 0 Å². The number of aromatic amines is 1. The molecule has 0 unspecified atom stereocenters. The molecule has 0 saturated heterocycles. The second-order valence-electron chi connectivity index (χ2n) is 3.86. The first-order chi connectivity index (χ1) is 8.58. The van der Waals surface area contributed by atoms with Gasteiger partial charge >= 0.3 is 0 Å². The van der Waals surface area contributed by atoms with Crippen LogP contribution in [0.1, 0.15) is 26.3 Å². The number of carbonyl (C=O) groups excluding carboxylic acids is 2. The van der Waals surface area contributed by atoms with E-state index in [0.717, 1.165) is 0 Å². The van der Waals surface area contributed by atoms with Crippen LogP contribution in [-0.4, -0.2) is 23.0 Å². The fraction of sp³-hybridized carbons (Fsp3) is 0. The molecule has 2 aromatic rings. The van der Waals surface area contributed by atoms with E-state index in [2.05, 4.69) is 15.5 Å². The fourth-order valence-corrected chi connectivity index (χ4v) is 2.23. The number of hydrogen-bond donors (Lipinski definition) is 3. The Morgan fingerprint density at radius 3 is 2.89 bits per heavy atom.